The molecule has 10 heteroatoms. The molecule has 2 aromatic rings. The summed E-state index contributed by atoms with van der Waals surface area (Å²) in [6, 6.07) is 14.3. The molecule has 1 saturated heterocycles. The number of hydrogen-bond acceptors (Lipinski definition) is 6. The first-order chi connectivity index (χ1) is 14.7. The van der Waals surface area contributed by atoms with Gasteiger partial charge in [0.2, 0.25) is 0 Å². The quantitative estimate of drug-likeness (QED) is 0.700. The number of esters is 1. The molecule has 0 spiro atoms. The molecule has 0 unspecified atom stereocenters. The van der Waals surface area contributed by atoms with Crippen LogP contribution >= 0.6 is 0 Å². The average Bonchev–Trinajstić information content (AvgIpc) is 2.77. The topological polar surface area (TPSA) is 113 Å². The zero-order valence-corrected chi connectivity index (χ0v) is 17.8. The maximum Gasteiger partial charge on any atom is 0.338 e. The van der Waals surface area contributed by atoms with Crippen molar-refractivity contribution in [1.29, 1.82) is 0 Å². The number of urea groups is 1. The van der Waals surface area contributed by atoms with Gasteiger partial charge in [-0.15, -0.1) is 0 Å². The highest BCUT2D eigenvalue weighted by molar-refractivity contribution is 7.90. The van der Waals surface area contributed by atoms with Gasteiger partial charge in [-0.2, -0.15) is 0 Å². The molecule has 9 nitrogen and oxygen atoms in total. The van der Waals surface area contributed by atoms with Crippen LogP contribution in [0.5, 0.6) is 0 Å². The second-order valence-corrected chi connectivity index (χ2v) is 9.06. The number of nitrogens with zero attached hydrogens (tertiary/aromatic N) is 2. The molecule has 0 atom stereocenters. The first-order valence-electron chi connectivity index (χ1n) is 9.60. The van der Waals surface area contributed by atoms with Crippen molar-refractivity contribution >= 4 is 33.4 Å². The van der Waals surface area contributed by atoms with Crippen LogP contribution in [0.2, 0.25) is 0 Å². The number of nitrogens with one attached hydrogen (secondary N) is 1. The summed E-state index contributed by atoms with van der Waals surface area (Å²) in [5, 5.41) is 2.80. The van der Waals surface area contributed by atoms with Gasteiger partial charge in [0.15, 0.2) is 16.4 Å². The van der Waals surface area contributed by atoms with E-state index < -0.39 is 22.4 Å². The third-order valence-electron chi connectivity index (χ3n) is 4.77. The van der Waals surface area contributed by atoms with Crippen LogP contribution in [0.15, 0.2) is 59.5 Å². The number of rotatable bonds is 5. The average molecular weight is 445 g/mol. The minimum absolute atomic E-state index is 0.00169. The lowest BCUT2D eigenvalue weighted by Gasteiger charge is -2.34. The van der Waals surface area contributed by atoms with Gasteiger partial charge in [0.25, 0.3) is 5.91 Å². The van der Waals surface area contributed by atoms with Crippen molar-refractivity contribution < 1.29 is 27.5 Å². The Hall–Kier alpha value is -3.40. The molecule has 3 amide bonds. The molecule has 2 aromatic carbocycles. The number of amides is 3. The number of anilines is 1. The summed E-state index contributed by atoms with van der Waals surface area (Å²) < 4.78 is 28.3. The summed E-state index contributed by atoms with van der Waals surface area (Å²) in [5.74, 6) is -1.16. The zero-order chi connectivity index (χ0) is 22.4. The lowest BCUT2D eigenvalue weighted by Crippen LogP contribution is -2.52. The normalized spacial score (nSPS) is 14.1. The minimum Gasteiger partial charge on any atom is -0.452 e. The van der Waals surface area contributed by atoms with Crippen molar-refractivity contribution in [3.63, 3.8) is 0 Å². The Morgan fingerprint density at radius 1 is 0.935 bits per heavy atom. The van der Waals surface area contributed by atoms with E-state index in [0.717, 1.165) is 6.26 Å². The van der Waals surface area contributed by atoms with Gasteiger partial charge in [0, 0.05) is 38.1 Å². The summed E-state index contributed by atoms with van der Waals surface area (Å²) >= 11 is 0. The Bertz CT molecular complexity index is 1060. The van der Waals surface area contributed by atoms with Gasteiger partial charge in [-0.25, -0.2) is 18.0 Å². The molecule has 0 saturated carbocycles. The number of ether oxygens (including phenoxy) is 1. The fraction of sp³-hybridized carbons (Fsp3) is 0.286. The van der Waals surface area contributed by atoms with E-state index in [-0.39, 0.29) is 22.4 Å². The van der Waals surface area contributed by atoms with Crippen molar-refractivity contribution in [2.24, 2.45) is 0 Å². The largest absolute Gasteiger partial charge is 0.452 e. The van der Waals surface area contributed by atoms with Crippen LogP contribution in [-0.4, -0.2) is 75.2 Å². The van der Waals surface area contributed by atoms with Crippen molar-refractivity contribution in [3.8, 4) is 0 Å². The van der Waals surface area contributed by atoms with Crippen LogP contribution in [0.4, 0.5) is 10.5 Å². The predicted octanol–water partition coefficient (Wildman–Crippen LogP) is 1.62. The van der Waals surface area contributed by atoms with Crippen LogP contribution in [-0.2, 0) is 19.4 Å². The zero-order valence-electron chi connectivity index (χ0n) is 17.0. The molecular weight excluding hydrogens is 422 g/mol. The highest BCUT2D eigenvalue weighted by Gasteiger charge is 2.25. The molecule has 1 heterocycles. The summed E-state index contributed by atoms with van der Waals surface area (Å²) in [6.07, 6.45) is 1.04. The van der Waals surface area contributed by atoms with E-state index in [1.165, 1.54) is 29.2 Å². The highest BCUT2D eigenvalue weighted by Crippen LogP contribution is 2.13. The first-order valence-corrected chi connectivity index (χ1v) is 11.5. The highest BCUT2D eigenvalue weighted by atomic mass is 32.2. The molecule has 0 bridgehead atoms. The monoisotopic (exact) mass is 445 g/mol. The molecule has 1 fully saturated rings. The third kappa shape index (κ3) is 6.05. The van der Waals surface area contributed by atoms with E-state index >= 15 is 0 Å². The fourth-order valence-corrected chi connectivity index (χ4v) is 3.71. The molecule has 0 aliphatic carbocycles. The number of hydrogen-bond donors (Lipinski definition) is 1. The molecule has 164 valence electrons. The SMILES string of the molecule is CS(=O)(=O)c1cccc(C(=O)OCC(=O)N2CCN(C(=O)Nc3ccccc3)CC2)c1. The van der Waals surface area contributed by atoms with Crippen LogP contribution in [0.1, 0.15) is 10.4 Å². The van der Waals surface area contributed by atoms with Gasteiger partial charge in [0.1, 0.15) is 0 Å². The fourth-order valence-electron chi connectivity index (χ4n) is 3.04. The Balaban J connectivity index is 1.47. The van der Waals surface area contributed by atoms with Gasteiger partial charge in [-0.3, -0.25) is 4.79 Å². The Morgan fingerprint density at radius 2 is 1.58 bits per heavy atom. The van der Waals surface area contributed by atoms with Crippen molar-refractivity contribution in [3.05, 3.63) is 60.2 Å². The van der Waals surface area contributed by atoms with Gasteiger partial charge in [0.05, 0.1) is 10.5 Å². The summed E-state index contributed by atoms with van der Waals surface area (Å²) in [6.45, 7) is 0.895. The van der Waals surface area contributed by atoms with Crippen molar-refractivity contribution in [2.75, 3.05) is 44.4 Å². The molecule has 1 N–H and O–H groups in total. The number of carbonyl (C=O) groups is 3. The maximum absolute atomic E-state index is 12.4. The first kappa shape index (κ1) is 22.3. The number of sulfone groups is 1. The maximum atomic E-state index is 12.4. The number of carbonyl (C=O) groups excluding carboxylic acids is 3. The standard InChI is InChI=1S/C21H23N3O6S/c1-31(28,29)18-9-5-6-16(14-18)20(26)30-15-19(25)23-10-12-24(13-11-23)21(27)22-17-7-3-2-4-8-17/h2-9,14H,10-13,15H2,1H3,(H,22,27). The number of para-hydroxylation sites is 1. The summed E-state index contributed by atoms with van der Waals surface area (Å²) in [4.78, 5) is 40.0. The van der Waals surface area contributed by atoms with Crippen molar-refractivity contribution in [1.82, 2.24) is 9.80 Å². The van der Waals surface area contributed by atoms with Gasteiger partial charge in [-0.05, 0) is 30.3 Å². The van der Waals surface area contributed by atoms with E-state index in [2.05, 4.69) is 5.32 Å². The van der Waals surface area contributed by atoms with Crippen LogP contribution in [0, 0.1) is 0 Å². The van der Waals surface area contributed by atoms with E-state index in [1.807, 2.05) is 18.2 Å². The molecule has 1 aliphatic heterocycles. The van der Waals surface area contributed by atoms with E-state index in [9.17, 15) is 22.8 Å². The molecular formula is C21H23N3O6S. The lowest BCUT2D eigenvalue weighted by molar-refractivity contribution is -0.135. The molecule has 0 radical (unpaired) electrons. The second kappa shape index (κ2) is 9.61. The van der Waals surface area contributed by atoms with Crippen LogP contribution < -0.4 is 5.32 Å². The Kier molecular flexibility index (Phi) is 6.91. The molecule has 0 aromatic heterocycles. The summed E-state index contributed by atoms with van der Waals surface area (Å²) in [7, 11) is -3.46. The van der Waals surface area contributed by atoms with Crippen LogP contribution in [0.3, 0.4) is 0 Å². The molecule has 31 heavy (non-hydrogen) atoms. The lowest BCUT2D eigenvalue weighted by atomic mass is 10.2. The Morgan fingerprint density at radius 3 is 2.23 bits per heavy atom. The number of piperazine rings is 1. The van der Waals surface area contributed by atoms with Gasteiger partial charge in [-0.1, -0.05) is 24.3 Å². The predicted molar refractivity (Wildman–Crippen MR) is 113 cm³/mol. The summed E-state index contributed by atoms with van der Waals surface area (Å²) in [5.41, 5.74) is 0.746. The second-order valence-electron chi connectivity index (χ2n) is 7.04. The molecule has 3 rings (SSSR count). The van der Waals surface area contributed by atoms with Crippen molar-refractivity contribution in [2.45, 2.75) is 4.90 Å². The van der Waals surface area contributed by atoms with Gasteiger partial charge >= 0.3 is 12.0 Å². The van der Waals surface area contributed by atoms with E-state index in [1.54, 1.807) is 17.0 Å². The van der Waals surface area contributed by atoms with Gasteiger partial charge < -0.3 is 19.9 Å². The minimum atomic E-state index is -3.46. The number of benzene rings is 2. The Labute approximate surface area is 180 Å². The van der Waals surface area contributed by atoms with E-state index in [4.69, 9.17) is 4.74 Å². The third-order valence-corrected chi connectivity index (χ3v) is 5.88. The smallest absolute Gasteiger partial charge is 0.338 e. The molecule has 1 aliphatic rings. The van der Waals surface area contributed by atoms with E-state index in [0.29, 0.717) is 31.9 Å². The van der Waals surface area contributed by atoms with Crippen LogP contribution in [0.25, 0.3) is 0 Å².